The minimum Gasteiger partial charge on any atom is -0.326 e. The molecule has 1 heterocycles. The molecule has 0 aliphatic carbocycles. The molecular formula is C12H8N4O. The molecule has 0 atom stereocenters. The summed E-state index contributed by atoms with van der Waals surface area (Å²) in [6, 6.07) is 9.12. The second kappa shape index (κ2) is 4.44. The van der Waals surface area contributed by atoms with Gasteiger partial charge >= 0.3 is 0 Å². The van der Waals surface area contributed by atoms with Gasteiger partial charge in [-0.25, -0.2) is 0 Å². The second-order valence-corrected chi connectivity index (χ2v) is 3.37. The fraction of sp³-hybridized carbons (Fsp3) is 0.0833. The Morgan fingerprint density at radius 2 is 2.29 bits per heavy atom. The molecule has 0 fully saturated rings. The van der Waals surface area contributed by atoms with Gasteiger partial charge in [-0.05, 0) is 22.8 Å². The van der Waals surface area contributed by atoms with Gasteiger partial charge in [-0.15, -0.1) is 6.42 Å². The summed E-state index contributed by atoms with van der Waals surface area (Å²) in [4.78, 5) is 14.1. The van der Waals surface area contributed by atoms with Crippen LogP contribution in [0.5, 0.6) is 0 Å². The molecule has 17 heavy (non-hydrogen) atoms. The number of terminal acetylenes is 1. The van der Waals surface area contributed by atoms with E-state index in [0.29, 0.717) is 5.69 Å². The van der Waals surface area contributed by atoms with Crippen molar-refractivity contribution in [2.24, 2.45) is 5.11 Å². The van der Waals surface area contributed by atoms with Gasteiger partial charge in [0, 0.05) is 15.8 Å². The summed E-state index contributed by atoms with van der Waals surface area (Å²) in [5.41, 5.74) is 9.44. The number of fused-ring (bicyclic) bond motifs is 1. The minimum absolute atomic E-state index is 0.259. The average molecular weight is 224 g/mol. The van der Waals surface area contributed by atoms with Crippen LogP contribution in [0.3, 0.4) is 0 Å². The highest BCUT2D eigenvalue weighted by atomic mass is 16.1. The molecular weight excluding hydrogens is 216 g/mol. The lowest BCUT2D eigenvalue weighted by Gasteiger charge is -2.03. The zero-order valence-electron chi connectivity index (χ0n) is 8.87. The number of carbonyl (C=O) groups excluding carboxylic acids is 1. The van der Waals surface area contributed by atoms with Crippen molar-refractivity contribution in [1.29, 1.82) is 0 Å². The molecule has 5 heteroatoms. The maximum absolute atomic E-state index is 11.6. The first-order valence-electron chi connectivity index (χ1n) is 4.89. The standard InChI is InChI=1S/C12H8N4O/c1-2-7-16-10-6-4-3-5-9(10)8-11(16)12(17)14-15-13/h1,3-6,8H,7H2. The zero-order valence-corrected chi connectivity index (χ0v) is 8.87. The summed E-state index contributed by atoms with van der Waals surface area (Å²) >= 11 is 0. The lowest BCUT2D eigenvalue weighted by atomic mass is 10.2. The van der Waals surface area contributed by atoms with E-state index in [2.05, 4.69) is 15.9 Å². The molecule has 0 saturated carbocycles. The van der Waals surface area contributed by atoms with E-state index in [1.165, 1.54) is 0 Å². The van der Waals surface area contributed by atoms with E-state index in [1.54, 1.807) is 10.6 Å². The third-order valence-corrected chi connectivity index (χ3v) is 2.41. The van der Waals surface area contributed by atoms with Gasteiger partial charge in [0.05, 0.1) is 12.2 Å². The van der Waals surface area contributed by atoms with Gasteiger partial charge in [-0.2, -0.15) is 0 Å². The van der Waals surface area contributed by atoms with Crippen molar-refractivity contribution in [3.05, 3.63) is 46.5 Å². The van der Waals surface area contributed by atoms with Gasteiger partial charge in [0.1, 0.15) is 0 Å². The lowest BCUT2D eigenvalue weighted by Crippen LogP contribution is -2.05. The van der Waals surface area contributed by atoms with Crippen LogP contribution in [0.2, 0.25) is 0 Å². The van der Waals surface area contributed by atoms with E-state index in [4.69, 9.17) is 12.0 Å². The van der Waals surface area contributed by atoms with Crippen molar-refractivity contribution >= 4 is 16.8 Å². The van der Waals surface area contributed by atoms with Crippen molar-refractivity contribution in [1.82, 2.24) is 4.57 Å². The van der Waals surface area contributed by atoms with Gasteiger partial charge < -0.3 is 4.57 Å². The molecule has 82 valence electrons. The van der Waals surface area contributed by atoms with Crippen molar-refractivity contribution < 1.29 is 4.79 Å². The van der Waals surface area contributed by atoms with Crippen LogP contribution in [0, 0.1) is 12.3 Å². The number of aromatic nitrogens is 1. The van der Waals surface area contributed by atoms with Crippen LogP contribution in [0.4, 0.5) is 0 Å². The minimum atomic E-state index is -0.626. The van der Waals surface area contributed by atoms with Crippen molar-refractivity contribution in [2.75, 3.05) is 0 Å². The molecule has 0 aliphatic heterocycles. The molecule has 0 N–H and O–H groups in total. The molecule has 0 bridgehead atoms. The summed E-state index contributed by atoms with van der Waals surface area (Å²) < 4.78 is 1.66. The first-order valence-corrected chi connectivity index (χ1v) is 4.89. The van der Waals surface area contributed by atoms with Crippen LogP contribution in [0.1, 0.15) is 10.5 Å². The molecule has 0 radical (unpaired) electrons. The summed E-state index contributed by atoms with van der Waals surface area (Å²) in [5, 5.41) is 3.97. The Balaban J connectivity index is 2.70. The van der Waals surface area contributed by atoms with Crippen LogP contribution in [0.25, 0.3) is 21.3 Å². The Kier molecular flexibility index (Phi) is 2.82. The number of para-hydroxylation sites is 1. The molecule has 2 aromatic rings. The smallest absolute Gasteiger partial charge is 0.265 e. The predicted molar refractivity (Wildman–Crippen MR) is 64.2 cm³/mol. The van der Waals surface area contributed by atoms with E-state index in [-0.39, 0.29) is 6.54 Å². The van der Waals surface area contributed by atoms with E-state index < -0.39 is 5.91 Å². The first-order chi connectivity index (χ1) is 8.27. The molecule has 1 aromatic heterocycles. The largest absolute Gasteiger partial charge is 0.326 e. The van der Waals surface area contributed by atoms with Crippen LogP contribution in [-0.2, 0) is 6.54 Å². The van der Waals surface area contributed by atoms with Crippen molar-refractivity contribution in [2.45, 2.75) is 6.54 Å². The molecule has 0 spiro atoms. The summed E-state index contributed by atoms with van der Waals surface area (Å²) in [5.74, 6) is 1.85. The zero-order chi connectivity index (χ0) is 12.3. The van der Waals surface area contributed by atoms with E-state index in [1.807, 2.05) is 24.3 Å². The Bertz CT molecular complexity index is 671. The maximum atomic E-state index is 11.6. The Labute approximate surface area is 97.3 Å². The predicted octanol–water partition coefficient (Wildman–Crippen LogP) is 2.73. The van der Waals surface area contributed by atoms with Gasteiger partial charge in [0.2, 0.25) is 0 Å². The second-order valence-electron chi connectivity index (χ2n) is 3.37. The Morgan fingerprint density at radius 3 is 3.00 bits per heavy atom. The van der Waals surface area contributed by atoms with E-state index >= 15 is 0 Å². The van der Waals surface area contributed by atoms with Crippen LogP contribution < -0.4 is 0 Å². The number of nitrogens with zero attached hydrogens (tertiary/aromatic N) is 4. The highest BCUT2D eigenvalue weighted by Gasteiger charge is 2.13. The number of rotatable bonds is 2. The lowest BCUT2D eigenvalue weighted by molar-refractivity contribution is 0.0992. The van der Waals surface area contributed by atoms with Crippen LogP contribution >= 0.6 is 0 Å². The first kappa shape index (κ1) is 10.8. The van der Waals surface area contributed by atoms with Gasteiger partial charge in [0.25, 0.3) is 5.91 Å². The molecule has 0 unspecified atom stereocenters. The molecule has 5 nitrogen and oxygen atoms in total. The van der Waals surface area contributed by atoms with Gasteiger partial charge in [0.15, 0.2) is 0 Å². The fourth-order valence-corrected chi connectivity index (χ4v) is 1.74. The number of amides is 1. The monoisotopic (exact) mass is 224 g/mol. The SMILES string of the molecule is C#CCn1c(C(=O)N=[N+]=[N-])cc2ccccc21. The van der Waals surface area contributed by atoms with E-state index in [0.717, 1.165) is 10.9 Å². The topological polar surface area (TPSA) is 70.8 Å². The van der Waals surface area contributed by atoms with E-state index in [9.17, 15) is 4.79 Å². The van der Waals surface area contributed by atoms with Gasteiger partial charge in [-0.3, -0.25) is 4.79 Å². The highest BCUT2D eigenvalue weighted by molar-refractivity contribution is 5.99. The Hall–Kier alpha value is -2.70. The Morgan fingerprint density at radius 1 is 1.53 bits per heavy atom. The third kappa shape index (κ3) is 1.85. The number of hydrogen-bond acceptors (Lipinski definition) is 1. The molecule has 0 saturated heterocycles. The molecule has 1 aromatic carbocycles. The maximum Gasteiger partial charge on any atom is 0.265 e. The van der Waals surface area contributed by atoms with Crippen molar-refractivity contribution in [3.8, 4) is 12.3 Å². The summed E-state index contributed by atoms with van der Waals surface area (Å²) in [7, 11) is 0. The normalized spacial score (nSPS) is 9.59. The van der Waals surface area contributed by atoms with Crippen molar-refractivity contribution in [3.63, 3.8) is 0 Å². The number of carbonyl (C=O) groups is 1. The van der Waals surface area contributed by atoms with Crippen LogP contribution in [-0.4, -0.2) is 10.5 Å². The number of hydrogen-bond donors (Lipinski definition) is 0. The molecule has 2 rings (SSSR count). The van der Waals surface area contributed by atoms with Crippen LogP contribution in [0.15, 0.2) is 35.4 Å². The number of azide groups is 1. The summed E-state index contributed by atoms with van der Waals surface area (Å²) in [6.07, 6.45) is 5.27. The third-order valence-electron chi connectivity index (χ3n) is 2.41. The fourth-order valence-electron chi connectivity index (χ4n) is 1.74. The average Bonchev–Trinajstić information content (AvgIpc) is 2.70. The summed E-state index contributed by atoms with van der Waals surface area (Å²) in [6.45, 7) is 0.259. The molecule has 1 amide bonds. The highest BCUT2D eigenvalue weighted by Crippen LogP contribution is 2.20. The number of benzene rings is 1. The molecule has 0 aliphatic rings. The van der Waals surface area contributed by atoms with Gasteiger partial charge in [-0.1, -0.05) is 24.1 Å². The quantitative estimate of drug-likeness (QED) is 0.334.